The lowest BCUT2D eigenvalue weighted by Crippen LogP contribution is -2.42. The monoisotopic (exact) mass is 333 g/mol. The first-order valence-electron chi connectivity index (χ1n) is 7.05. The van der Waals surface area contributed by atoms with E-state index in [0.29, 0.717) is 12.8 Å². The van der Waals surface area contributed by atoms with Crippen molar-refractivity contribution < 1.29 is 4.79 Å². The molecule has 0 atom stereocenters. The third-order valence-electron chi connectivity index (χ3n) is 3.86. The van der Waals surface area contributed by atoms with Crippen LogP contribution in [0.5, 0.6) is 0 Å². The van der Waals surface area contributed by atoms with Gasteiger partial charge < -0.3 is 10.6 Å². The van der Waals surface area contributed by atoms with Gasteiger partial charge in [0, 0.05) is 24.9 Å². The molecule has 2 N–H and O–H groups in total. The van der Waals surface area contributed by atoms with E-state index < -0.39 is 0 Å². The smallest absolute Gasteiger partial charge is 0.220 e. The van der Waals surface area contributed by atoms with Gasteiger partial charge >= 0.3 is 0 Å². The Morgan fingerprint density at radius 3 is 2.67 bits per heavy atom. The molecule has 0 unspecified atom stereocenters. The molecule has 120 valence electrons. The second kappa shape index (κ2) is 9.98. The zero-order chi connectivity index (χ0) is 13.6. The lowest BCUT2D eigenvalue weighted by Gasteiger charge is -2.34. The van der Waals surface area contributed by atoms with Crippen molar-refractivity contribution in [3.63, 3.8) is 0 Å². The van der Waals surface area contributed by atoms with E-state index in [2.05, 4.69) is 22.5 Å². The van der Waals surface area contributed by atoms with Gasteiger partial charge in [0.1, 0.15) is 0 Å². The van der Waals surface area contributed by atoms with Crippen molar-refractivity contribution in [1.82, 2.24) is 15.6 Å². The summed E-state index contributed by atoms with van der Waals surface area (Å²) < 4.78 is 0. The zero-order valence-corrected chi connectivity index (χ0v) is 14.1. The molecule has 0 spiro atoms. The molecule has 0 aliphatic carbocycles. The third-order valence-corrected chi connectivity index (χ3v) is 3.86. The van der Waals surface area contributed by atoms with Crippen LogP contribution in [0.15, 0.2) is 24.4 Å². The fourth-order valence-electron chi connectivity index (χ4n) is 2.40. The maximum Gasteiger partial charge on any atom is 0.220 e. The number of carbonyl (C=O) groups is 1. The van der Waals surface area contributed by atoms with Gasteiger partial charge in [0.2, 0.25) is 5.91 Å². The Bertz CT molecular complexity index is 409. The highest BCUT2D eigenvalue weighted by Crippen LogP contribution is 2.26. The van der Waals surface area contributed by atoms with Crippen LogP contribution in [0.3, 0.4) is 0 Å². The van der Waals surface area contributed by atoms with Crippen molar-refractivity contribution in [2.45, 2.75) is 32.6 Å². The van der Waals surface area contributed by atoms with Crippen LogP contribution in [0.25, 0.3) is 0 Å². The van der Waals surface area contributed by atoms with Crippen molar-refractivity contribution in [2.24, 2.45) is 5.41 Å². The highest BCUT2D eigenvalue weighted by molar-refractivity contribution is 5.85. The molecule has 0 radical (unpaired) electrons. The SMILES string of the molecule is CC1(CNC(=O)CCc2ccccn2)CCNCC1.Cl.Cl. The molecular formula is C15H25Cl2N3O. The minimum Gasteiger partial charge on any atom is -0.356 e. The van der Waals surface area contributed by atoms with Gasteiger partial charge in [0.05, 0.1) is 0 Å². The van der Waals surface area contributed by atoms with Gasteiger partial charge in [-0.3, -0.25) is 9.78 Å². The summed E-state index contributed by atoms with van der Waals surface area (Å²) in [5.41, 5.74) is 1.23. The van der Waals surface area contributed by atoms with Gasteiger partial charge in [-0.1, -0.05) is 13.0 Å². The third kappa shape index (κ3) is 7.11. The first-order valence-corrected chi connectivity index (χ1v) is 7.05. The van der Waals surface area contributed by atoms with Crippen LogP contribution in [0.4, 0.5) is 0 Å². The van der Waals surface area contributed by atoms with E-state index in [1.807, 2.05) is 18.2 Å². The minimum absolute atomic E-state index is 0. The number of rotatable bonds is 5. The Morgan fingerprint density at radius 2 is 2.05 bits per heavy atom. The van der Waals surface area contributed by atoms with Gasteiger partial charge in [-0.2, -0.15) is 0 Å². The highest BCUT2D eigenvalue weighted by Gasteiger charge is 2.26. The number of aromatic nitrogens is 1. The summed E-state index contributed by atoms with van der Waals surface area (Å²) in [4.78, 5) is 16.1. The molecule has 1 amide bonds. The molecular weight excluding hydrogens is 309 g/mol. The van der Waals surface area contributed by atoms with Gasteiger partial charge in [-0.05, 0) is 49.9 Å². The molecule has 1 aliphatic heterocycles. The lowest BCUT2D eigenvalue weighted by molar-refractivity contribution is -0.121. The van der Waals surface area contributed by atoms with Crippen LogP contribution in [0, 0.1) is 5.41 Å². The average molecular weight is 334 g/mol. The summed E-state index contributed by atoms with van der Waals surface area (Å²) >= 11 is 0. The minimum atomic E-state index is 0. The first kappa shape index (κ1) is 20.2. The Morgan fingerprint density at radius 1 is 1.33 bits per heavy atom. The predicted octanol–water partition coefficient (Wildman–Crippen LogP) is 2.36. The summed E-state index contributed by atoms with van der Waals surface area (Å²) in [6.07, 6.45) is 5.26. The maximum atomic E-state index is 11.8. The number of amides is 1. The number of nitrogens with one attached hydrogen (secondary N) is 2. The molecule has 2 heterocycles. The average Bonchev–Trinajstić information content (AvgIpc) is 2.45. The van der Waals surface area contributed by atoms with Gasteiger partial charge in [-0.15, -0.1) is 24.8 Å². The van der Waals surface area contributed by atoms with E-state index in [1.165, 1.54) is 0 Å². The van der Waals surface area contributed by atoms with Crippen LogP contribution in [0.1, 0.15) is 31.9 Å². The molecule has 1 aromatic heterocycles. The fraction of sp³-hybridized carbons (Fsp3) is 0.600. The Hall–Kier alpha value is -0.840. The van der Waals surface area contributed by atoms with Crippen LogP contribution in [0.2, 0.25) is 0 Å². The number of piperidine rings is 1. The van der Waals surface area contributed by atoms with Crippen LogP contribution >= 0.6 is 24.8 Å². The van der Waals surface area contributed by atoms with Crippen molar-refractivity contribution in [3.05, 3.63) is 30.1 Å². The first-order chi connectivity index (χ1) is 9.18. The topological polar surface area (TPSA) is 54.0 Å². The molecule has 1 aliphatic rings. The van der Waals surface area contributed by atoms with Crippen LogP contribution < -0.4 is 10.6 Å². The van der Waals surface area contributed by atoms with E-state index in [9.17, 15) is 4.79 Å². The molecule has 1 aromatic rings. The molecule has 1 saturated heterocycles. The Kier molecular flexibility index (Phi) is 9.58. The number of pyridine rings is 1. The number of halogens is 2. The van der Waals surface area contributed by atoms with Gasteiger partial charge in [0.15, 0.2) is 0 Å². The quantitative estimate of drug-likeness (QED) is 0.869. The van der Waals surface area contributed by atoms with E-state index in [-0.39, 0.29) is 36.1 Å². The maximum absolute atomic E-state index is 11.8. The van der Waals surface area contributed by atoms with Gasteiger partial charge in [0.25, 0.3) is 0 Å². The summed E-state index contributed by atoms with van der Waals surface area (Å²) in [5, 5.41) is 6.42. The zero-order valence-electron chi connectivity index (χ0n) is 12.4. The molecule has 4 nitrogen and oxygen atoms in total. The van der Waals surface area contributed by atoms with E-state index in [0.717, 1.165) is 38.2 Å². The van der Waals surface area contributed by atoms with Crippen LogP contribution in [-0.2, 0) is 11.2 Å². The Balaban J connectivity index is 0.00000200. The van der Waals surface area contributed by atoms with Gasteiger partial charge in [-0.25, -0.2) is 0 Å². The van der Waals surface area contributed by atoms with Crippen molar-refractivity contribution in [2.75, 3.05) is 19.6 Å². The largest absolute Gasteiger partial charge is 0.356 e. The standard InChI is InChI=1S/C15H23N3O.2ClH/c1-15(7-10-16-11-8-15)12-18-14(19)6-5-13-4-2-3-9-17-13;;/h2-4,9,16H,5-8,10-12H2,1H3,(H,18,19);2*1H. The number of nitrogens with zero attached hydrogens (tertiary/aromatic N) is 1. The lowest BCUT2D eigenvalue weighted by atomic mass is 9.81. The summed E-state index contributed by atoms with van der Waals surface area (Å²) in [6, 6.07) is 5.80. The van der Waals surface area contributed by atoms with E-state index in [1.54, 1.807) is 6.20 Å². The second-order valence-electron chi connectivity index (χ2n) is 5.66. The van der Waals surface area contributed by atoms with Crippen molar-refractivity contribution >= 4 is 30.7 Å². The highest BCUT2D eigenvalue weighted by atomic mass is 35.5. The fourth-order valence-corrected chi connectivity index (χ4v) is 2.40. The van der Waals surface area contributed by atoms with E-state index >= 15 is 0 Å². The molecule has 0 bridgehead atoms. The van der Waals surface area contributed by atoms with E-state index in [4.69, 9.17) is 0 Å². The second-order valence-corrected chi connectivity index (χ2v) is 5.66. The molecule has 0 saturated carbocycles. The number of hydrogen-bond acceptors (Lipinski definition) is 3. The molecule has 2 rings (SSSR count). The van der Waals surface area contributed by atoms with Crippen LogP contribution in [-0.4, -0.2) is 30.5 Å². The summed E-state index contributed by atoms with van der Waals surface area (Å²) in [6.45, 7) is 5.16. The number of aryl methyl sites for hydroxylation is 1. The molecule has 0 aromatic carbocycles. The number of carbonyl (C=O) groups excluding carboxylic acids is 1. The Labute approximate surface area is 139 Å². The normalized spacial score (nSPS) is 16.2. The van der Waals surface area contributed by atoms with Crippen molar-refractivity contribution in [3.8, 4) is 0 Å². The molecule has 21 heavy (non-hydrogen) atoms. The van der Waals surface area contributed by atoms with Crippen molar-refractivity contribution in [1.29, 1.82) is 0 Å². The predicted molar refractivity (Wildman–Crippen MR) is 90.3 cm³/mol. The molecule has 1 fully saturated rings. The molecule has 6 heteroatoms. The summed E-state index contributed by atoms with van der Waals surface area (Å²) in [5.74, 6) is 0.130. The number of hydrogen-bond donors (Lipinski definition) is 2. The summed E-state index contributed by atoms with van der Waals surface area (Å²) in [7, 11) is 0.